The maximum atomic E-state index is 13.6. The third-order valence-corrected chi connectivity index (χ3v) is 4.14. The van der Waals surface area contributed by atoms with Crippen molar-refractivity contribution in [3.05, 3.63) is 83.9 Å². The van der Waals surface area contributed by atoms with Crippen molar-refractivity contribution in [1.29, 1.82) is 0 Å². The Kier molecular flexibility index (Phi) is 4.52. The normalized spacial score (nSPS) is 11.1. The van der Waals surface area contributed by atoms with Gasteiger partial charge in [0.2, 0.25) is 0 Å². The van der Waals surface area contributed by atoms with Crippen LogP contribution in [-0.4, -0.2) is 20.5 Å². The molecule has 0 bridgehead atoms. The van der Waals surface area contributed by atoms with E-state index in [2.05, 4.69) is 15.4 Å². The number of nitrogens with one attached hydrogen (secondary N) is 1. The number of rotatable bonds is 4. The number of fused-ring (bicyclic) bond motifs is 1. The Hall–Kier alpha value is -3.68. The summed E-state index contributed by atoms with van der Waals surface area (Å²) in [5.41, 5.74) is 0.817. The fraction of sp³-hybridized carbons (Fsp3) is 0.0500. The van der Waals surface area contributed by atoms with Crippen molar-refractivity contribution < 1.29 is 18.0 Å². The van der Waals surface area contributed by atoms with Gasteiger partial charge in [-0.2, -0.15) is 5.10 Å². The number of nitrogens with zero attached hydrogens (tertiary/aromatic N) is 3. The molecule has 1 N–H and O–H groups in total. The molecule has 5 nitrogen and oxygen atoms in total. The van der Waals surface area contributed by atoms with Gasteiger partial charge in [0.25, 0.3) is 12.3 Å². The van der Waals surface area contributed by atoms with Gasteiger partial charge in [-0.1, -0.05) is 18.2 Å². The maximum Gasteiger partial charge on any atom is 0.280 e. The number of para-hydroxylation sites is 1. The lowest BCUT2D eigenvalue weighted by molar-refractivity contribution is 0.102. The van der Waals surface area contributed by atoms with Crippen molar-refractivity contribution in [1.82, 2.24) is 14.6 Å². The number of carbonyl (C=O) groups excluding carboxylic acids is 1. The van der Waals surface area contributed by atoms with Gasteiger partial charge in [0.1, 0.15) is 17.1 Å². The first-order valence-electron chi connectivity index (χ1n) is 8.32. The predicted molar refractivity (Wildman–Crippen MR) is 97.7 cm³/mol. The molecule has 2 aromatic heterocycles. The van der Waals surface area contributed by atoms with Crippen LogP contribution in [0.1, 0.15) is 22.5 Å². The zero-order valence-corrected chi connectivity index (χ0v) is 14.3. The van der Waals surface area contributed by atoms with E-state index in [9.17, 15) is 18.0 Å². The number of anilines is 1. The van der Waals surface area contributed by atoms with Crippen LogP contribution < -0.4 is 5.32 Å². The van der Waals surface area contributed by atoms with Gasteiger partial charge in [0, 0.05) is 11.3 Å². The maximum absolute atomic E-state index is 13.6. The Morgan fingerprint density at radius 1 is 1.04 bits per heavy atom. The minimum absolute atomic E-state index is 0.00874. The minimum atomic E-state index is -2.84. The Labute approximate surface area is 157 Å². The topological polar surface area (TPSA) is 59.3 Å². The molecule has 4 rings (SSSR count). The van der Waals surface area contributed by atoms with Crippen LogP contribution in [0.2, 0.25) is 0 Å². The molecule has 0 radical (unpaired) electrons. The molecule has 1 amide bonds. The number of carbonyl (C=O) groups is 1. The second-order valence-corrected chi connectivity index (χ2v) is 5.99. The molecule has 0 aliphatic carbocycles. The quantitative estimate of drug-likeness (QED) is 0.555. The lowest BCUT2D eigenvalue weighted by Crippen LogP contribution is -2.12. The van der Waals surface area contributed by atoms with Crippen molar-refractivity contribution in [2.45, 2.75) is 6.43 Å². The first-order chi connectivity index (χ1) is 13.5. The van der Waals surface area contributed by atoms with Crippen LogP contribution in [0.15, 0.2) is 66.9 Å². The van der Waals surface area contributed by atoms with Gasteiger partial charge in [0.15, 0.2) is 5.65 Å². The van der Waals surface area contributed by atoms with E-state index in [1.165, 1.54) is 36.5 Å². The summed E-state index contributed by atoms with van der Waals surface area (Å²) in [6.45, 7) is 0. The van der Waals surface area contributed by atoms with E-state index in [0.29, 0.717) is 11.3 Å². The Balaban J connectivity index is 1.82. The smallest absolute Gasteiger partial charge is 0.280 e. The van der Waals surface area contributed by atoms with Gasteiger partial charge >= 0.3 is 0 Å². The summed E-state index contributed by atoms with van der Waals surface area (Å²) in [6.07, 6.45) is -1.64. The van der Waals surface area contributed by atoms with Gasteiger partial charge in [-0.3, -0.25) is 4.79 Å². The molecule has 2 heterocycles. The van der Waals surface area contributed by atoms with Crippen LogP contribution in [0.5, 0.6) is 0 Å². The third kappa shape index (κ3) is 3.32. The molecule has 0 fully saturated rings. The summed E-state index contributed by atoms with van der Waals surface area (Å²) in [6, 6.07) is 15.2. The molecular weight excluding hydrogens is 369 g/mol. The lowest BCUT2D eigenvalue weighted by atomic mass is 10.1. The second-order valence-electron chi connectivity index (χ2n) is 5.99. The van der Waals surface area contributed by atoms with Gasteiger partial charge < -0.3 is 5.32 Å². The van der Waals surface area contributed by atoms with Gasteiger partial charge in [-0.25, -0.2) is 22.7 Å². The van der Waals surface area contributed by atoms with E-state index in [0.717, 1.165) is 4.52 Å². The Bertz CT molecular complexity index is 1140. The highest BCUT2D eigenvalue weighted by Crippen LogP contribution is 2.27. The lowest BCUT2D eigenvalue weighted by Gasteiger charge is -2.09. The van der Waals surface area contributed by atoms with Crippen molar-refractivity contribution in [2.24, 2.45) is 0 Å². The second kappa shape index (κ2) is 7.15. The zero-order chi connectivity index (χ0) is 19.7. The molecule has 140 valence electrons. The van der Waals surface area contributed by atoms with Gasteiger partial charge in [-0.15, -0.1) is 0 Å². The monoisotopic (exact) mass is 382 g/mol. The summed E-state index contributed by atoms with van der Waals surface area (Å²) in [7, 11) is 0. The Morgan fingerprint density at radius 2 is 1.75 bits per heavy atom. The number of halogens is 3. The van der Waals surface area contributed by atoms with Crippen LogP contribution in [0.4, 0.5) is 18.9 Å². The van der Waals surface area contributed by atoms with Crippen molar-refractivity contribution in [2.75, 3.05) is 5.32 Å². The molecule has 2 aromatic carbocycles. The predicted octanol–water partition coefficient (Wildman–Crippen LogP) is 4.73. The Morgan fingerprint density at radius 3 is 2.43 bits per heavy atom. The molecule has 0 spiro atoms. The van der Waals surface area contributed by atoms with Crippen LogP contribution in [-0.2, 0) is 0 Å². The van der Waals surface area contributed by atoms with Crippen molar-refractivity contribution >= 4 is 17.2 Å². The van der Waals surface area contributed by atoms with E-state index < -0.39 is 23.8 Å². The average Bonchev–Trinajstić information content (AvgIpc) is 3.12. The van der Waals surface area contributed by atoms with E-state index in [1.807, 2.05) is 0 Å². The summed E-state index contributed by atoms with van der Waals surface area (Å²) < 4.78 is 41.3. The molecular formula is C20H13F3N4O. The largest absolute Gasteiger partial charge is 0.322 e. The van der Waals surface area contributed by atoms with Crippen LogP contribution in [0.25, 0.3) is 16.9 Å². The van der Waals surface area contributed by atoms with Crippen molar-refractivity contribution in [3.63, 3.8) is 0 Å². The fourth-order valence-corrected chi connectivity index (χ4v) is 2.79. The molecule has 0 aliphatic heterocycles. The van der Waals surface area contributed by atoms with E-state index in [-0.39, 0.29) is 16.9 Å². The summed E-state index contributed by atoms with van der Waals surface area (Å²) in [5.74, 6) is -0.976. The van der Waals surface area contributed by atoms with Gasteiger partial charge in [-0.05, 0) is 42.5 Å². The number of amides is 1. The van der Waals surface area contributed by atoms with E-state index >= 15 is 0 Å². The van der Waals surface area contributed by atoms with Gasteiger partial charge in [0.05, 0.1) is 11.9 Å². The van der Waals surface area contributed by atoms with Crippen molar-refractivity contribution in [3.8, 4) is 11.3 Å². The third-order valence-electron chi connectivity index (χ3n) is 4.14. The first kappa shape index (κ1) is 17.7. The molecule has 0 aliphatic rings. The molecule has 0 saturated heterocycles. The molecule has 8 heteroatoms. The average molecular weight is 382 g/mol. The number of benzene rings is 2. The molecule has 0 atom stereocenters. The summed E-state index contributed by atoms with van der Waals surface area (Å²) >= 11 is 0. The summed E-state index contributed by atoms with van der Waals surface area (Å²) in [4.78, 5) is 16.9. The number of hydrogen-bond acceptors (Lipinski definition) is 3. The first-order valence-corrected chi connectivity index (χ1v) is 8.32. The number of aromatic nitrogens is 3. The fourth-order valence-electron chi connectivity index (χ4n) is 2.79. The van der Waals surface area contributed by atoms with E-state index in [1.54, 1.807) is 30.3 Å². The minimum Gasteiger partial charge on any atom is -0.322 e. The van der Waals surface area contributed by atoms with Crippen LogP contribution >= 0.6 is 0 Å². The zero-order valence-electron chi connectivity index (χ0n) is 14.3. The highest BCUT2D eigenvalue weighted by atomic mass is 19.3. The highest BCUT2D eigenvalue weighted by molar-refractivity contribution is 6.08. The highest BCUT2D eigenvalue weighted by Gasteiger charge is 2.21. The molecule has 0 saturated carbocycles. The summed E-state index contributed by atoms with van der Waals surface area (Å²) in [5, 5.41) is 6.59. The molecule has 4 aromatic rings. The molecule has 28 heavy (non-hydrogen) atoms. The SMILES string of the molecule is O=C(Nc1ccccc1)c1cnn2c(C(F)F)cc(-c3ccc(F)cc3)nc12. The van der Waals surface area contributed by atoms with Crippen LogP contribution in [0.3, 0.4) is 0 Å². The standard InChI is InChI=1S/C20H13F3N4O/c21-13-8-6-12(7-9-13)16-10-17(18(22)23)27-19(26-16)15(11-24-27)20(28)25-14-4-2-1-3-5-14/h1-11,18H,(H,25,28). The van der Waals surface area contributed by atoms with E-state index in [4.69, 9.17) is 0 Å². The molecule has 0 unspecified atom stereocenters. The number of hydrogen-bond donors (Lipinski definition) is 1. The van der Waals surface area contributed by atoms with Crippen LogP contribution in [0, 0.1) is 5.82 Å². The number of alkyl halides is 2.